The predicted octanol–water partition coefficient (Wildman–Crippen LogP) is 3.26. The van der Waals surface area contributed by atoms with Gasteiger partial charge in [-0.15, -0.1) is 0 Å². The van der Waals surface area contributed by atoms with E-state index < -0.39 is 66.0 Å². The Hall–Kier alpha value is -2.43. The van der Waals surface area contributed by atoms with Gasteiger partial charge < -0.3 is 14.6 Å². The zero-order valence-electron chi connectivity index (χ0n) is 18.9. The maximum atomic E-state index is 13.2. The fraction of sp³-hybridized carbons (Fsp3) is 0.333. The summed E-state index contributed by atoms with van der Waals surface area (Å²) in [5, 5.41) is 12.7. The second-order valence-corrected chi connectivity index (χ2v) is 12.2. The molecule has 0 aromatic heterocycles. The molecule has 1 saturated heterocycles. The molecule has 0 bridgehead atoms. The molecule has 10 nitrogen and oxygen atoms in total. The van der Waals surface area contributed by atoms with Crippen LogP contribution in [0.15, 0.2) is 47.4 Å². The summed E-state index contributed by atoms with van der Waals surface area (Å²) < 4.78 is 93.0. The van der Waals surface area contributed by atoms with Crippen molar-refractivity contribution in [3.8, 4) is 5.75 Å². The summed E-state index contributed by atoms with van der Waals surface area (Å²) in [4.78, 5) is 24.9. The SMILES string of the molecule is O=C(O)[C@H](C(=O)[C@@H]1CCCN1)[C@@H](NS(=O)(=O)c1cc(Cl)cc(Cl)c1)c1ccc(OS(=O)(=O)C(F)(F)F)cc1. The summed E-state index contributed by atoms with van der Waals surface area (Å²) in [6, 6.07) is 4.03. The minimum atomic E-state index is -6.00. The molecular formula is C21H19Cl2F3N2O8S2. The van der Waals surface area contributed by atoms with E-state index >= 15 is 0 Å². The van der Waals surface area contributed by atoms with Gasteiger partial charge in [-0.05, 0) is 55.3 Å². The topological polar surface area (TPSA) is 156 Å². The summed E-state index contributed by atoms with van der Waals surface area (Å²) in [5.41, 5.74) is -5.89. The average Bonchev–Trinajstić information content (AvgIpc) is 3.32. The lowest BCUT2D eigenvalue weighted by Crippen LogP contribution is -2.46. The second kappa shape index (κ2) is 11.4. The van der Waals surface area contributed by atoms with Crippen LogP contribution in [0.5, 0.6) is 5.75 Å². The van der Waals surface area contributed by atoms with Crippen LogP contribution < -0.4 is 14.2 Å². The fourth-order valence-electron chi connectivity index (χ4n) is 3.72. The summed E-state index contributed by atoms with van der Waals surface area (Å²) in [6.45, 7) is 0.430. The van der Waals surface area contributed by atoms with Gasteiger partial charge in [0.25, 0.3) is 0 Å². The van der Waals surface area contributed by atoms with Crippen molar-refractivity contribution < 1.29 is 48.9 Å². The highest BCUT2D eigenvalue weighted by Gasteiger charge is 2.48. The first-order chi connectivity index (χ1) is 17.5. The lowest BCUT2D eigenvalue weighted by atomic mass is 9.86. The molecule has 17 heteroatoms. The van der Waals surface area contributed by atoms with Gasteiger partial charge >= 0.3 is 21.6 Å². The zero-order chi connectivity index (χ0) is 28.5. The average molecular weight is 619 g/mol. The number of hydrogen-bond acceptors (Lipinski definition) is 8. The number of benzene rings is 2. The van der Waals surface area contributed by atoms with Crippen LogP contribution in [0.2, 0.25) is 10.0 Å². The number of halogens is 5. The summed E-state index contributed by atoms with van der Waals surface area (Å²) in [7, 11) is -10.6. The van der Waals surface area contributed by atoms with Crippen LogP contribution in [-0.4, -0.2) is 51.8 Å². The molecule has 1 aliphatic heterocycles. The summed E-state index contributed by atoms with van der Waals surface area (Å²) in [5.74, 6) is -5.29. The monoisotopic (exact) mass is 618 g/mol. The van der Waals surface area contributed by atoms with Crippen molar-refractivity contribution in [2.24, 2.45) is 5.92 Å². The van der Waals surface area contributed by atoms with Crippen molar-refractivity contribution in [2.75, 3.05) is 6.54 Å². The number of alkyl halides is 3. The highest BCUT2D eigenvalue weighted by atomic mass is 35.5. The van der Waals surface area contributed by atoms with Crippen molar-refractivity contribution in [1.82, 2.24) is 10.0 Å². The van der Waals surface area contributed by atoms with Crippen LogP contribution in [0.4, 0.5) is 13.2 Å². The number of ketones is 1. The van der Waals surface area contributed by atoms with Crippen molar-refractivity contribution in [1.29, 1.82) is 0 Å². The lowest BCUT2D eigenvalue weighted by Gasteiger charge is -2.27. The van der Waals surface area contributed by atoms with E-state index in [1.54, 1.807) is 0 Å². The Bertz CT molecular complexity index is 1410. The van der Waals surface area contributed by atoms with Crippen molar-refractivity contribution in [2.45, 2.75) is 35.3 Å². The van der Waals surface area contributed by atoms with E-state index in [0.29, 0.717) is 19.4 Å². The molecule has 0 radical (unpaired) electrons. The van der Waals surface area contributed by atoms with E-state index in [9.17, 15) is 44.7 Å². The van der Waals surface area contributed by atoms with Crippen molar-refractivity contribution in [3.63, 3.8) is 0 Å². The number of carboxylic acid groups (broad SMARTS) is 1. The lowest BCUT2D eigenvalue weighted by molar-refractivity contribution is -0.148. The van der Waals surface area contributed by atoms with Gasteiger partial charge in [0.2, 0.25) is 10.0 Å². The third-order valence-corrected chi connectivity index (χ3v) is 8.30. The third-order valence-electron chi connectivity index (χ3n) is 5.47. The van der Waals surface area contributed by atoms with Crippen LogP contribution in [0, 0.1) is 5.92 Å². The Morgan fingerprint density at radius 1 is 1.05 bits per heavy atom. The third kappa shape index (κ3) is 6.95. The predicted molar refractivity (Wildman–Crippen MR) is 129 cm³/mol. The maximum absolute atomic E-state index is 13.2. The van der Waals surface area contributed by atoms with Crippen LogP contribution in [0.1, 0.15) is 24.4 Å². The van der Waals surface area contributed by atoms with Gasteiger partial charge in [0.05, 0.1) is 17.0 Å². The standard InChI is InChI=1S/C21H19Cl2F3N2O8S2/c22-12-8-13(23)10-15(9-12)37(32,33)28-18(17(20(30)31)19(29)16-2-1-7-27-16)11-3-5-14(6-4-11)36-38(34,35)21(24,25)26/h3-6,8-10,16-18,27-28H,1-2,7H2,(H,30,31)/t16-,17-,18-/m0/s1. The van der Waals surface area contributed by atoms with Crippen LogP contribution in [-0.2, 0) is 29.7 Å². The first-order valence-electron chi connectivity index (χ1n) is 10.6. The molecule has 0 saturated carbocycles. The van der Waals surface area contributed by atoms with Gasteiger partial charge in [-0.1, -0.05) is 35.3 Å². The molecule has 3 N–H and O–H groups in total. The minimum Gasteiger partial charge on any atom is -0.481 e. The second-order valence-electron chi connectivity index (χ2n) is 8.12. The molecule has 0 amide bonds. The first kappa shape index (κ1) is 30.1. The number of sulfonamides is 1. The van der Waals surface area contributed by atoms with Crippen LogP contribution >= 0.6 is 23.2 Å². The van der Waals surface area contributed by atoms with Gasteiger partial charge in [-0.2, -0.15) is 21.6 Å². The Kier molecular flexibility index (Phi) is 9.00. The van der Waals surface area contributed by atoms with E-state index in [4.69, 9.17) is 23.2 Å². The first-order valence-corrected chi connectivity index (χ1v) is 14.3. The van der Waals surface area contributed by atoms with Crippen LogP contribution in [0.25, 0.3) is 0 Å². The molecule has 0 unspecified atom stereocenters. The molecule has 2 aromatic carbocycles. The largest absolute Gasteiger partial charge is 0.534 e. The zero-order valence-corrected chi connectivity index (χ0v) is 22.1. The van der Waals surface area contributed by atoms with Gasteiger partial charge in [0.15, 0.2) is 5.78 Å². The number of aliphatic carboxylic acids is 1. The van der Waals surface area contributed by atoms with E-state index in [0.717, 1.165) is 36.4 Å². The Morgan fingerprint density at radius 2 is 1.63 bits per heavy atom. The van der Waals surface area contributed by atoms with Gasteiger partial charge in [-0.25, -0.2) is 13.1 Å². The number of Topliss-reactive ketones (excluding diaryl/α,β-unsaturated/α-hetero) is 1. The number of hydrogen-bond donors (Lipinski definition) is 3. The number of rotatable bonds is 10. The van der Waals surface area contributed by atoms with E-state index in [-0.39, 0.29) is 15.6 Å². The highest BCUT2D eigenvalue weighted by Crippen LogP contribution is 2.32. The number of nitrogens with one attached hydrogen (secondary N) is 2. The van der Waals surface area contributed by atoms with E-state index in [2.05, 4.69) is 14.2 Å². The number of carbonyl (C=O) groups is 2. The molecule has 3 rings (SSSR count). The Balaban J connectivity index is 2.06. The Labute approximate surface area is 225 Å². The molecule has 1 aliphatic rings. The van der Waals surface area contributed by atoms with Gasteiger partial charge in [-0.3, -0.25) is 9.59 Å². The molecule has 2 aromatic rings. The smallest absolute Gasteiger partial charge is 0.481 e. The number of carboxylic acids is 1. The molecule has 1 heterocycles. The van der Waals surface area contributed by atoms with Crippen LogP contribution in [0.3, 0.4) is 0 Å². The molecular weight excluding hydrogens is 600 g/mol. The number of carbonyl (C=O) groups excluding carboxylic acids is 1. The molecule has 3 atom stereocenters. The summed E-state index contributed by atoms with van der Waals surface area (Å²) >= 11 is 11.8. The van der Waals surface area contributed by atoms with Gasteiger partial charge in [0.1, 0.15) is 11.7 Å². The quantitative estimate of drug-likeness (QED) is 0.206. The molecule has 208 valence electrons. The highest BCUT2D eigenvalue weighted by molar-refractivity contribution is 7.89. The molecule has 1 fully saturated rings. The van der Waals surface area contributed by atoms with Crippen molar-refractivity contribution in [3.05, 3.63) is 58.1 Å². The molecule has 0 aliphatic carbocycles. The van der Waals surface area contributed by atoms with Crippen molar-refractivity contribution >= 4 is 55.1 Å². The van der Waals surface area contributed by atoms with Gasteiger partial charge in [0, 0.05) is 10.0 Å². The normalized spacial score (nSPS) is 18.1. The maximum Gasteiger partial charge on any atom is 0.534 e. The molecule has 38 heavy (non-hydrogen) atoms. The Morgan fingerprint density at radius 3 is 2.11 bits per heavy atom. The fourth-order valence-corrected chi connectivity index (χ4v) is 6.15. The molecule has 0 spiro atoms. The summed E-state index contributed by atoms with van der Waals surface area (Å²) in [6.07, 6.45) is 0.869. The van der Waals surface area contributed by atoms with E-state index in [1.807, 2.05) is 0 Å². The minimum absolute atomic E-state index is 0.0529. The van der Waals surface area contributed by atoms with E-state index in [1.165, 1.54) is 6.07 Å².